The van der Waals surface area contributed by atoms with Crippen LogP contribution in [0.25, 0.3) is 0 Å². The fraction of sp³-hybridized carbons (Fsp3) is 0.561. The van der Waals surface area contributed by atoms with Crippen molar-refractivity contribution in [3.05, 3.63) is 55.5 Å². The Labute approximate surface area is 382 Å². The molecular weight excluding hydrogens is 890 g/mol. The van der Waals surface area contributed by atoms with E-state index in [1.807, 2.05) is 27.7 Å². The van der Waals surface area contributed by atoms with E-state index in [0.717, 1.165) is 0 Å². The molecule has 0 saturated carbocycles. The molecule has 0 bridgehead atoms. The van der Waals surface area contributed by atoms with Gasteiger partial charge in [0.1, 0.15) is 12.2 Å². The second-order valence-electron chi connectivity index (χ2n) is 16.2. The first kappa shape index (κ1) is 52.6. The maximum atomic E-state index is 13.3. The molecule has 62 heavy (non-hydrogen) atoms. The molecule has 2 aliphatic rings. The van der Waals surface area contributed by atoms with E-state index in [1.165, 1.54) is 31.2 Å². The smallest absolute Gasteiger partial charge is 0.509 e. The topological polar surface area (TPSA) is 210 Å². The number of carbonyl (C=O) groups excluding carboxylic acids is 8. The molecule has 0 spiro atoms. The Morgan fingerprint density at radius 3 is 1.85 bits per heavy atom. The van der Waals surface area contributed by atoms with Gasteiger partial charge in [-0.1, -0.05) is 74.1 Å². The summed E-state index contributed by atoms with van der Waals surface area (Å²) < 4.78 is 22.8. The molecule has 15 nitrogen and oxygen atoms in total. The fourth-order valence-electron chi connectivity index (χ4n) is 6.90. The molecule has 4 atom stereocenters. The molecule has 21 heteroatoms. The first-order valence-corrected chi connectivity index (χ1v) is 21.9. The number of Topliss-reactive ketones (excluding diaryl/α,β-unsaturated/α-hetero) is 3. The van der Waals surface area contributed by atoms with Gasteiger partial charge in [-0.25, -0.2) is 0 Å². The van der Waals surface area contributed by atoms with Gasteiger partial charge in [-0.15, -0.1) is 0 Å². The minimum absolute atomic E-state index is 0.0194. The molecule has 2 heterocycles. The first-order valence-electron chi connectivity index (χ1n) is 20.4. The lowest BCUT2D eigenvalue weighted by molar-refractivity contribution is -0.149. The molecule has 2 saturated heterocycles. The first-order chi connectivity index (χ1) is 29.1. The molecule has 3 rings (SSSR count). The number of allylic oxidation sites excluding steroid dienone is 2. The molecular formula is C41H53B2Cl4N3O12. The van der Waals surface area contributed by atoms with Gasteiger partial charge in [0.2, 0.25) is 5.91 Å². The molecule has 3 N–H and O–H groups in total. The maximum Gasteiger partial charge on any atom is 0.531 e. The molecule has 2 fully saturated rings. The fourth-order valence-corrected chi connectivity index (χ4v) is 7.53. The second kappa shape index (κ2) is 25.5. The van der Waals surface area contributed by atoms with Crippen molar-refractivity contribution in [2.45, 2.75) is 117 Å². The van der Waals surface area contributed by atoms with Crippen molar-refractivity contribution in [2.24, 2.45) is 11.8 Å². The Balaban J connectivity index is 1.52. The summed E-state index contributed by atoms with van der Waals surface area (Å²) >= 11 is 24.0. The molecule has 1 aromatic rings. The van der Waals surface area contributed by atoms with Crippen LogP contribution in [0.4, 0.5) is 0 Å². The van der Waals surface area contributed by atoms with Gasteiger partial charge < -0.3 is 34.6 Å². The van der Waals surface area contributed by atoms with Crippen LogP contribution >= 0.6 is 46.4 Å². The Bertz CT molecular complexity index is 1910. The Morgan fingerprint density at radius 2 is 1.32 bits per heavy atom. The van der Waals surface area contributed by atoms with Crippen molar-refractivity contribution >= 4 is 108 Å². The second-order valence-corrected chi connectivity index (χ2v) is 18.2. The molecule has 0 radical (unpaired) electrons. The molecule has 338 valence electrons. The van der Waals surface area contributed by atoms with Crippen LogP contribution in [-0.2, 0) is 52.2 Å². The van der Waals surface area contributed by atoms with Gasteiger partial charge in [-0.3, -0.25) is 38.4 Å². The minimum atomic E-state index is -1.23. The van der Waals surface area contributed by atoms with E-state index in [4.69, 9.17) is 65.0 Å². The number of amides is 3. The van der Waals surface area contributed by atoms with Crippen LogP contribution in [0, 0.1) is 11.8 Å². The van der Waals surface area contributed by atoms with Gasteiger partial charge in [0.15, 0.2) is 17.3 Å². The molecule has 0 aliphatic carbocycles. The Morgan fingerprint density at radius 1 is 0.790 bits per heavy atom. The quantitative estimate of drug-likeness (QED) is 0.0475. The predicted octanol–water partition coefficient (Wildman–Crippen LogP) is 6.35. The number of halogens is 4. The Kier molecular flexibility index (Phi) is 21.7. The molecule has 3 amide bonds. The van der Waals surface area contributed by atoms with Crippen molar-refractivity contribution in [3.63, 3.8) is 0 Å². The van der Waals surface area contributed by atoms with Crippen molar-refractivity contribution < 1.29 is 57.0 Å². The third-order valence-corrected chi connectivity index (χ3v) is 10.5. The van der Waals surface area contributed by atoms with Gasteiger partial charge >= 0.3 is 14.2 Å². The van der Waals surface area contributed by atoms with Gasteiger partial charge in [0.05, 0.1) is 42.1 Å². The summed E-state index contributed by atoms with van der Waals surface area (Å²) in [6.07, 6.45) is -1.04. The SMILES string of the molecule is C/C(Cl)=C(\C=C(/C)Cl)C(=O)NCC(=O)C[C@@H](CC(C)C)B1OC(=O)C[C@H](C(=O)NCCCC(=O)[C@H]2CC(=O)OB([C@@H](CC(=O)CNC(=O)c3cc(Cl)ccc3Cl)CC(C)C)O2)O1. The number of ketones is 3. The van der Waals surface area contributed by atoms with Crippen molar-refractivity contribution in [1.82, 2.24) is 16.0 Å². The number of benzene rings is 1. The van der Waals surface area contributed by atoms with E-state index in [1.54, 1.807) is 6.92 Å². The zero-order chi connectivity index (χ0) is 46.3. The number of hydrogen-bond acceptors (Lipinski definition) is 12. The highest BCUT2D eigenvalue weighted by Crippen LogP contribution is 2.32. The van der Waals surface area contributed by atoms with Crippen LogP contribution in [0.2, 0.25) is 21.7 Å². The molecule has 0 unspecified atom stereocenters. The summed E-state index contributed by atoms with van der Waals surface area (Å²) in [4.78, 5) is 103. The van der Waals surface area contributed by atoms with E-state index in [-0.39, 0.29) is 103 Å². The number of rotatable bonds is 23. The van der Waals surface area contributed by atoms with Gasteiger partial charge in [0.25, 0.3) is 23.8 Å². The largest absolute Gasteiger partial charge is 0.531 e. The number of carbonyl (C=O) groups is 8. The van der Waals surface area contributed by atoms with Gasteiger partial charge in [0, 0.05) is 52.5 Å². The highest BCUT2D eigenvalue weighted by atomic mass is 35.5. The maximum absolute atomic E-state index is 13.3. The zero-order valence-electron chi connectivity index (χ0n) is 35.6. The minimum Gasteiger partial charge on any atom is -0.509 e. The van der Waals surface area contributed by atoms with Crippen LogP contribution in [0.5, 0.6) is 0 Å². The lowest BCUT2D eigenvalue weighted by atomic mass is 9.64. The van der Waals surface area contributed by atoms with Gasteiger partial charge in [-0.05, 0) is 69.2 Å². The van der Waals surface area contributed by atoms with Crippen molar-refractivity contribution in [3.8, 4) is 0 Å². The van der Waals surface area contributed by atoms with Gasteiger partial charge in [-0.2, -0.15) is 0 Å². The number of hydrogen-bond donors (Lipinski definition) is 3. The summed E-state index contributed by atoms with van der Waals surface area (Å²) in [5, 5.41) is 8.70. The summed E-state index contributed by atoms with van der Waals surface area (Å²) in [6, 6.07) is 4.38. The van der Waals surface area contributed by atoms with E-state index in [2.05, 4.69) is 16.0 Å². The van der Waals surface area contributed by atoms with Crippen LogP contribution in [0.3, 0.4) is 0 Å². The third-order valence-electron chi connectivity index (χ3n) is 9.67. The van der Waals surface area contributed by atoms with Crippen LogP contribution < -0.4 is 16.0 Å². The molecule has 1 aromatic carbocycles. The normalized spacial score (nSPS) is 18.4. The number of nitrogens with one attached hydrogen (secondary N) is 3. The monoisotopic (exact) mass is 941 g/mol. The zero-order valence-corrected chi connectivity index (χ0v) is 38.6. The van der Waals surface area contributed by atoms with Crippen LogP contribution in [0.1, 0.15) is 103 Å². The van der Waals surface area contributed by atoms with Crippen LogP contribution in [-0.4, -0.2) is 93.1 Å². The summed E-state index contributed by atoms with van der Waals surface area (Å²) in [6.45, 7) is 10.1. The predicted molar refractivity (Wildman–Crippen MR) is 236 cm³/mol. The third kappa shape index (κ3) is 17.8. The summed E-state index contributed by atoms with van der Waals surface area (Å²) in [5.74, 6) is -5.44. The van der Waals surface area contributed by atoms with E-state index >= 15 is 0 Å². The Hall–Kier alpha value is -3.73. The average Bonchev–Trinajstić information content (AvgIpc) is 3.18. The summed E-state index contributed by atoms with van der Waals surface area (Å²) in [7, 11) is -2.40. The van der Waals surface area contributed by atoms with E-state index in [9.17, 15) is 38.4 Å². The molecule has 2 aliphatic heterocycles. The van der Waals surface area contributed by atoms with Crippen molar-refractivity contribution in [2.75, 3.05) is 19.6 Å². The molecule has 0 aromatic heterocycles. The van der Waals surface area contributed by atoms with Crippen LogP contribution in [0.15, 0.2) is 39.9 Å². The van der Waals surface area contributed by atoms with Crippen molar-refractivity contribution in [1.29, 1.82) is 0 Å². The average molecular weight is 943 g/mol. The van der Waals surface area contributed by atoms with E-state index < -0.39 is 73.5 Å². The standard InChI is InChI=1S/C41H53B2Cl4N3O12/c1-22(2)12-26(15-30(52)21-50-40(57)32-17-28(46)9-10-33(32)47)42-59-35(18-37(54)61-42)34(53)8-7-11-48-41(58)36-19-38(55)62-43(60-36)27(13-23(3)4)16-29(51)20-49-39(56)31(25(6)45)14-24(5)44/h9-10,14,17,22-23,26-27,35-36H,7-8,11-13,15-16,18-21H2,1-6H3,(H,48,58)(H,49,56)(H,50,57)/b24-14+,31-25-/t26-,27-,35-,36-/m1/s1. The highest BCUT2D eigenvalue weighted by molar-refractivity contribution is 6.50. The lowest BCUT2D eigenvalue weighted by Crippen LogP contribution is -2.49. The lowest BCUT2D eigenvalue weighted by Gasteiger charge is -2.31. The summed E-state index contributed by atoms with van der Waals surface area (Å²) in [5.41, 5.74) is 0.213. The highest BCUT2D eigenvalue weighted by Gasteiger charge is 2.45. The van der Waals surface area contributed by atoms with E-state index in [0.29, 0.717) is 22.9 Å².